The summed E-state index contributed by atoms with van der Waals surface area (Å²) in [5, 5.41) is 3.65. The Morgan fingerprint density at radius 1 is 1.50 bits per heavy atom. The van der Waals surface area contributed by atoms with Gasteiger partial charge in [-0.2, -0.15) is 4.98 Å². The Morgan fingerprint density at radius 2 is 2.25 bits per heavy atom. The summed E-state index contributed by atoms with van der Waals surface area (Å²) in [6.07, 6.45) is 0. The molecule has 4 nitrogen and oxygen atoms in total. The molecule has 6 heteroatoms. The lowest BCUT2D eigenvalue weighted by molar-refractivity contribution is 0.416. The lowest BCUT2D eigenvalue weighted by Crippen LogP contribution is -2.06. The lowest BCUT2D eigenvalue weighted by atomic mass is 10.2. The predicted molar refractivity (Wildman–Crippen MR) is 57.3 cm³/mol. The van der Waals surface area contributed by atoms with E-state index in [4.69, 9.17) is 21.9 Å². The van der Waals surface area contributed by atoms with E-state index in [2.05, 4.69) is 10.1 Å². The molecule has 0 saturated heterocycles. The molecule has 0 aliphatic rings. The number of nitrogens with zero attached hydrogens (tertiary/aromatic N) is 2. The van der Waals surface area contributed by atoms with Crippen molar-refractivity contribution >= 4 is 11.6 Å². The molecule has 2 N–H and O–H groups in total. The van der Waals surface area contributed by atoms with Gasteiger partial charge in [-0.15, -0.1) is 0 Å². The van der Waals surface area contributed by atoms with Gasteiger partial charge in [0.2, 0.25) is 0 Å². The molecule has 1 unspecified atom stereocenters. The largest absolute Gasteiger partial charge is 0.334 e. The smallest absolute Gasteiger partial charge is 0.261 e. The van der Waals surface area contributed by atoms with Gasteiger partial charge < -0.3 is 10.3 Å². The van der Waals surface area contributed by atoms with Crippen molar-refractivity contribution in [3.63, 3.8) is 0 Å². The highest BCUT2D eigenvalue weighted by molar-refractivity contribution is 6.31. The molecule has 0 radical (unpaired) electrons. The maximum absolute atomic E-state index is 13.6. The molecular weight excluding hydrogens is 233 g/mol. The van der Waals surface area contributed by atoms with E-state index in [-0.39, 0.29) is 22.5 Å². The van der Waals surface area contributed by atoms with Crippen molar-refractivity contribution < 1.29 is 8.91 Å². The highest BCUT2D eigenvalue weighted by Crippen LogP contribution is 2.26. The fraction of sp³-hybridized carbons (Fsp3) is 0.200. The number of hydrogen-bond acceptors (Lipinski definition) is 4. The van der Waals surface area contributed by atoms with Crippen LogP contribution in [0.1, 0.15) is 18.8 Å². The molecule has 1 heterocycles. The quantitative estimate of drug-likeness (QED) is 0.878. The van der Waals surface area contributed by atoms with Crippen molar-refractivity contribution in [2.75, 3.05) is 0 Å². The van der Waals surface area contributed by atoms with Crippen molar-refractivity contribution in [2.24, 2.45) is 5.73 Å². The average molecular weight is 242 g/mol. The van der Waals surface area contributed by atoms with Gasteiger partial charge in [0.05, 0.1) is 16.6 Å². The van der Waals surface area contributed by atoms with Crippen LogP contribution in [0, 0.1) is 5.82 Å². The van der Waals surface area contributed by atoms with Gasteiger partial charge in [0, 0.05) is 0 Å². The van der Waals surface area contributed by atoms with E-state index >= 15 is 0 Å². The van der Waals surface area contributed by atoms with Crippen LogP contribution in [-0.4, -0.2) is 10.1 Å². The van der Waals surface area contributed by atoms with Crippen molar-refractivity contribution in [3.05, 3.63) is 34.9 Å². The molecule has 0 aliphatic carbocycles. The topological polar surface area (TPSA) is 64.9 Å². The highest BCUT2D eigenvalue weighted by Gasteiger charge is 2.16. The van der Waals surface area contributed by atoms with Gasteiger partial charge in [0.25, 0.3) is 5.89 Å². The zero-order chi connectivity index (χ0) is 11.7. The zero-order valence-electron chi connectivity index (χ0n) is 8.45. The van der Waals surface area contributed by atoms with E-state index in [0.29, 0.717) is 5.82 Å². The van der Waals surface area contributed by atoms with Crippen LogP contribution >= 0.6 is 11.6 Å². The van der Waals surface area contributed by atoms with E-state index in [0.717, 1.165) is 0 Å². The second-order valence-electron chi connectivity index (χ2n) is 3.35. The lowest BCUT2D eigenvalue weighted by Gasteiger charge is -1.98. The molecule has 1 atom stereocenters. The standard InChI is InChI=1S/C10H9ClFN3O/c1-5(13)9-14-10(16-15-9)6-3-2-4-7(11)8(6)12/h2-5H,13H2,1H3. The minimum atomic E-state index is -0.580. The van der Waals surface area contributed by atoms with Gasteiger partial charge in [-0.1, -0.05) is 22.8 Å². The van der Waals surface area contributed by atoms with Gasteiger partial charge >= 0.3 is 0 Å². The maximum Gasteiger partial charge on any atom is 0.261 e. The summed E-state index contributed by atoms with van der Waals surface area (Å²) in [5.41, 5.74) is 5.74. The van der Waals surface area contributed by atoms with Crippen LogP contribution in [0.2, 0.25) is 5.02 Å². The highest BCUT2D eigenvalue weighted by atomic mass is 35.5. The first kappa shape index (κ1) is 11.0. The molecule has 0 aliphatic heterocycles. The van der Waals surface area contributed by atoms with Gasteiger partial charge in [0.1, 0.15) is 0 Å². The van der Waals surface area contributed by atoms with Gasteiger partial charge in [-0.3, -0.25) is 0 Å². The monoisotopic (exact) mass is 241 g/mol. The molecule has 16 heavy (non-hydrogen) atoms. The van der Waals surface area contributed by atoms with E-state index in [1.165, 1.54) is 12.1 Å². The Bertz CT molecular complexity index is 513. The zero-order valence-corrected chi connectivity index (χ0v) is 9.20. The summed E-state index contributed by atoms with van der Waals surface area (Å²) in [4.78, 5) is 3.98. The van der Waals surface area contributed by atoms with Crippen molar-refractivity contribution in [2.45, 2.75) is 13.0 Å². The third kappa shape index (κ3) is 1.91. The summed E-state index contributed by atoms with van der Waals surface area (Å²) in [5.74, 6) is -0.175. The van der Waals surface area contributed by atoms with Crippen LogP contribution in [0.5, 0.6) is 0 Å². The number of rotatable bonds is 2. The van der Waals surface area contributed by atoms with Crippen LogP contribution in [0.4, 0.5) is 4.39 Å². The molecule has 0 spiro atoms. The van der Waals surface area contributed by atoms with Gasteiger partial charge in [-0.25, -0.2) is 4.39 Å². The van der Waals surface area contributed by atoms with E-state index in [1.54, 1.807) is 13.0 Å². The fourth-order valence-electron chi connectivity index (χ4n) is 1.20. The second kappa shape index (κ2) is 4.19. The average Bonchev–Trinajstić information content (AvgIpc) is 2.71. The Balaban J connectivity index is 2.47. The van der Waals surface area contributed by atoms with Crippen LogP contribution in [-0.2, 0) is 0 Å². The van der Waals surface area contributed by atoms with Crippen molar-refractivity contribution in [3.8, 4) is 11.5 Å². The summed E-state index contributed by atoms with van der Waals surface area (Å²) >= 11 is 5.64. The minimum absolute atomic E-state index is 0.0121. The third-order valence-electron chi connectivity index (χ3n) is 2.03. The SMILES string of the molecule is CC(N)c1noc(-c2cccc(Cl)c2F)n1. The van der Waals surface area contributed by atoms with E-state index in [9.17, 15) is 4.39 Å². The van der Waals surface area contributed by atoms with E-state index in [1.807, 2.05) is 0 Å². The number of benzene rings is 1. The molecule has 0 saturated carbocycles. The molecule has 0 fully saturated rings. The summed E-state index contributed by atoms with van der Waals surface area (Å²) < 4.78 is 18.5. The first-order valence-electron chi connectivity index (χ1n) is 4.63. The molecular formula is C10H9ClFN3O. The number of aromatic nitrogens is 2. The molecule has 2 aromatic rings. The third-order valence-corrected chi connectivity index (χ3v) is 2.32. The molecule has 1 aromatic carbocycles. The second-order valence-corrected chi connectivity index (χ2v) is 3.75. The molecule has 0 bridgehead atoms. The Hall–Kier alpha value is -1.46. The van der Waals surface area contributed by atoms with Gasteiger partial charge in [-0.05, 0) is 19.1 Å². The number of hydrogen-bond donors (Lipinski definition) is 1. The Labute approximate surface area is 96.2 Å². The normalized spacial score (nSPS) is 12.8. The van der Waals surface area contributed by atoms with Crippen molar-refractivity contribution in [1.29, 1.82) is 0 Å². The summed E-state index contributed by atoms with van der Waals surface area (Å²) in [6.45, 7) is 1.71. The molecule has 84 valence electrons. The van der Waals surface area contributed by atoms with E-state index < -0.39 is 5.82 Å². The molecule has 0 amide bonds. The fourth-order valence-corrected chi connectivity index (χ4v) is 1.37. The number of nitrogens with two attached hydrogens (primary N) is 1. The Kier molecular flexibility index (Phi) is 2.89. The predicted octanol–water partition coefficient (Wildman–Crippen LogP) is 2.55. The first-order valence-corrected chi connectivity index (χ1v) is 5.01. The molecule has 1 aromatic heterocycles. The van der Waals surface area contributed by atoms with Crippen LogP contribution < -0.4 is 5.73 Å². The van der Waals surface area contributed by atoms with Crippen LogP contribution in [0.25, 0.3) is 11.5 Å². The molecule has 2 rings (SSSR count). The van der Waals surface area contributed by atoms with Gasteiger partial charge in [0.15, 0.2) is 11.6 Å². The van der Waals surface area contributed by atoms with Crippen LogP contribution in [0.3, 0.4) is 0 Å². The maximum atomic E-state index is 13.6. The summed E-state index contributed by atoms with van der Waals surface area (Å²) in [6, 6.07) is 4.21. The first-order chi connectivity index (χ1) is 7.59. The summed E-state index contributed by atoms with van der Waals surface area (Å²) in [7, 11) is 0. The minimum Gasteiger partial charge on any atom is -0.334 e. The van der Waals surface area contributed by atoms with Crippen molar-refractivity contribution in [1.82, 2.24) is 10.1 Å². The van der Waals surface area contributed by atoms with Crippen LogP contribution in [0.15, 0.2) is 22.7 Å². The number of halogens is 2. The Morgan fingerprint density at radius 3 is 2.88 bits per heavy atom.